The van der Waals surface area contributed by atoms with Crippen LogP contribution >= 0.6 is 11.6 Å². The van der Waals surface area contributed by atoms with Gasteiger partial charge in [0.05, 0.1) is 6.04 Å². The molecule has 0 saturated carbocycles. The van der Waals surface area contributed by atoms with Crippen LogP contribution in [0.4, 0.5) is 0 Å². The molecular formula is C19H17ClN6O2. The van der Waals surface area contributed by atoms with Crippen LogP contribution in [0.2, 0.25) is 5.02 Å². The van der Waals surface area contributed by atoms with Gasteiger partial charge >= 0.3 is 0 Å². The molecule has 1 amide bonds. The Balaban J connectivity index is 1.35. The highest BCUT2D eigenvalue weighted by atomic mass is 35.5. The topological polar surface area (TPSA) is 98.2 Å². The largest absolute Gasteiger partial charge is 0.346 e. The molecule has 1 aromatic carbocycles. The quantitative estimate of drug-likeness (QED) is 0.537. The molecule has 3 aromatic heterocycles. The maximum atomic E-state index is 12.3. The molecule has 28 heavy (non-hydrogen) atoms. The van der Waals surface area contributed by atoms with Crippen LogP contribution < -0.4 is 5.32 Å². The molecule has 9 heteroatoms. The normalized spacial score (nSPS) is 12.2. The summed E-state index contributed by atoms with van der Waals surface area (Å²) in [6.07, 6.45) is 2.44. The Bertz CT molecular complexity index is 1110. The van der Waals surface area contributed by atoms with Gasteiger partial charge in [-0.25, -0.2) is 0 Å². The van der Waals surface area contributed by atoms with Crippen molar-refractivity contribution in [1.82, 2.24) is 30.1 Å². The van der Waals surface area contributed by atoms with Gasteiger partial charge in [-0.15, -0.1) is 10.2 Å². The van der Waals surface area contributed by atoms with E-state index in [4.69, 9.17) is 16.1 Å². The van der Waals surface area contributed by atoms with E-state index in [9.17, 15) is 4.79 Å². The third-order valence-electron chi connectivity index (χ3n) is 4.24. The van der Waals surface area contributed by atoms with Gasteiger partial charge in [0.15, 0.2) is 11.5 Å². The van der Waals surface area contributed by atoms with Crippen molar-refractivity contribution in [3.05, 3.63) is 65.4 Å². The van der Waals surface area contributed by atoms with Crippen LogP contribution in [-0.2, 0) is 11.2 Å². The minimum absolute atomic E-state index is 0.133. The molecule has 0 aliphatic heterocycles. The lowest BCUT2D eigenvalue weighted by atomic mass is 10.2. The Morgan fingerprint density at radius 3 is 2.86 bits per heavy atom. The highest BCUT2D eigenvalue weighted by Gasteiger charge is 2.17. The number of benzene rings is 1. The molecule has 0 spiro atoms. The maximum absolute atomic E-state index is 12.3. The summed E-state index contributed by atoms with van der Waals surface area (Å²) in [5.41, 5.74) is 1.54. The number of hydrogen-bond donors (Lipinski definition) is 1. The average molecular weight is 397 g/mol. The Kier molecular flexibility index (Phi) is 5.03. The molecule has 0 bridgehead atoms. The molecule has 4 rings (SSSR count). The van der Waals surface area contributed by atoms with Crippen LogP contribution in [0.5, 0.6) is 0 Å². The molecule has 8 nitrogen and oxygen atoms in total. The van der Waals surface area contributed by atoms with Gasteiger partial charge in [0.2, 0.25) is 17.6 Å². The van der Waals surface area contributed by atoms with Gasteiger partial charge in [-0.05, 0) is 43.3 Å². The highest BCUT2D eigenvalue weighted by Crippen LogP contribution is 2.19. The van der Waals surface area contributed by atoms with E-state index >= 15 is 0 Å². The van der Waals surface area contributed by atoms with Crippen molar-refractivity contribution < 1.29 is 9.32 Å². The molecular weight excluding hydrogens is 380 g/mol. The number of carbonyl (C=O) groups excluding carboxylic acids is 1. The van der Waals surface area contributed by atoms with Crippen molar-refractivity contribution in [2.45, 2.75) is 25.8 Å². The number of hydrogen-bond acceptors (Lipinski definition) is 6. The molecule has 1 unspecified atom stereocenters. The lowest BCUT2D eigenvalue weighted by Crippen LogP contribution is -2.28. The first-order chi connectivity index (χ1) is 13.6. The first-order valence-electron chi connectivity index (χ1n) is 8.78. The summed E-state index contributed by atoms with van der Waals surface area (Å²) in [5.74, 6) is 1.41. The molecule has 4 aromatic rings. The van der Waals surface area contributed by atoms with Gasteiger partial charge in [-0.3, -0.25) is 9.20 Å². The summed E-state index contributed by atoms with van der Waals surface area (Å²) in [4.78, 5) is 16.6. The number of nitrogens with zero attached hydrogens (tertiary/aromatic N) is 5. The summed E-state index contributed by atoms with van der Waals surface area (Å²) in [5, 5.41) is 15.8. The number of nitrogens with one attached hydrogen (secondary N) is 1. The zero-order valence-corrected chi connectivity index (χ0v) is 15.8. The molecule has 1 N–H and O–H groups in total. The summed E-state index contributed by atoms with van der Waals surface area (Å²) < 4.78 is 7.08. The Labute approximate surface area is 165 Å². The number of rotatable bonds is 6. The number of aryl methyl sites for hydroxylation is 1. The van der Waals surface area contributed by atoms with Gasteiger partial charge in [0, 0.05) is 29.6 Å². The van der Waals surface area contributed by atoms with Gasteiger partial charge in [-0.1, -0.05) is 22.8 Å². The fourth-order valence-electron chi connectivity index (χ4n) is 2.83. The Morgan fingerprint density at radius 2 is 2.04 bits per heavy atom. The molecule has 1 atom stereocenters. The van der Waals surface area contributed by atoms with Crippen LogP contribution in [0, 0.1) is 0 Å². The third kappa shape index (κ3) is 3.86. The fourth-order valence-corrected chi connectivity index (χ4v) is 2.95. The van der Waals surface area contributed by atoms with E-state index in [0.717, 1.165) is 11.2 Å². The summed E-state index contributed by atoms with van der Waals surface area (Å²) in [6, 6.07) is 12.5. The third-order valence-corrected chi connectivity index (χ3v) is 4.49. The van der Waals surface area contributed by atoms with E-state index < -0.39 is 0 Å². The molecule has 0 saturated heterocycles. The van der Waals surface area contributed by atoms with E-state index in [2.05, 4.69) is 25.7 Å². The second-order valence-electron chi connectivity index (χ2n) is 6.29. The predicted molar refractivity (Wildman–Crippen MR) is 103 cm³/mol. The average Bonchev–Trinajstić information content (AvgIpc) is 3.34. The van der Waals surface area contributed by atoms with Crippen LogP contribution in [0.15, 0.2) is 53.2 Å². The number of halogens is 1. The van der Waals surface area contributed by atoms with E-state index in [0.29, 0.717) is 29.0 Å². The van der Waals surface area contributed by atoms with Crippen LogP contribution in [0.25, 0.3) is 17.0 Å². The minimum Gasteiger partial charge on any atom is -0.346 e. The van der Waals surface area contributed by atoms with E-state index in [1.54, 1.807) is 12.1 Å². The SMILES string of the molecule is CC(NC(=O)CCc1nc(-c2ccc(Cl)cc2)no1)c1nnc2ccccn12. The lowest BCUT2D eigenvalue weighted by molar-refractivity contribution is -0.121. The standard InChI is InChI=1S/C19H17ClN6O2/c1-12(19-24-23-15-4-2-3-11-26(15)19)21-16(27)9-10-17-22-18(25-28-17)13-5-7-14(20)8-6-13/h2-8,11-12H,9-10H2,1H3,(H,21,27). The number of pyridine rings is 1. The maximum Gasteiger partial charge on any atom is 0.227 e. The van der Waals surface area contributed by atoms with Crippen molar-refractivity contribution in [1.29, 1.82) is 0 Å². The summed E-state index contributed by atoms with van der Waals surface area (Å²) in [6.45, 7) is 1.87. The number of fused-ring (bicyclic) bond motifs is 1. The Hall–Kier alpha value is -3.26. The highest BCUT2D eigenvalue weighted by molar-refractivity contribution is 6.30. The first-order valence-corrected chi connectivity index (χ1v) is 9.15. The number of carbonyl (C=O) groups is 1. The van der Waals surface area contributed by atoms with Gasteiger partial charge in [-0.2, -0.15) is 4.98 Å². The molecule has 0 radical (unpaired) electrons. The number of aromatic nitrogens is 5. The van der Waals surface area contributed by atoms with Gasteiger partial charge < -0.3 is 9.84 Å². The number of amides is 1. The lowest BCUT2D eigenvalue weighted by Gasteiger charge is -2.11. The molecule has 0 aliphatic rings. The van der Waals surface area contributed by atoms with Crippen molar-refractivity contribution in [3.63, 3.8) is 0 Å². The van der Waals surface area contributed by atoms with E-state index in [-0.39, 0.29) is 18.4 Å². The van der Waals surface area contributed by atoms with Crippen molar-refractivity contribution in [2.75, 3.05) is 0 Å². The summed E-state index contributed by atoms with van der Waals surface area (Å²) in [7, 11) is 0. The molecule has 0 aliphatic carbocycles. The van der Waals surface area contributed by atoms with E-state index in [1.807, 2.05) is 47.9 Å². The first kappa shape index (κ1) is 18.1. The van der Waals surface area contributed by atoms with Crippen molar-refractivity contribution in [3.8, 4) is 11.4 Å². The molecule has 3 heterocycles. The zero-order valence-electron chi connectivity index (χ0n) is 15.0. The van der Waals surface area contributed by atoms with Gasteiger partial charge in [0.1, 0.15) is 0 Å². The smallest absolute Gasteiger partial charge is 0.227 e. The monoisotopic (exact) mass is 396 g/mol. The minimum atomic E-state index is -0.280. The van der Waals surface area contributed by atoms with Crippen molar-refractivity contribution >= 4 is 23.2 Å². The van der Waals surface area contributed by atoms with Crippen LogP contribution in [0.3, 0.4) is 0 Å². The second-order valence-corrected chi connectivity index (χ2v) is 6.73. The fraction of sp³-hybridized carbons (Fsp3) is 0.211. The second kappa shape index (κ2) is 7.77. The van der Waals surface area contributed by atoms with Gasteiger partial charge in [0.25, 0.3) is 0 Å². The predicted octanol–water partition coefficient (Wildman–Crippen LogP) is 3.24. The molecule has 142 valence electrons. The van der Waals surface area contributed by atoms with Crippen molar-refractivity contribution in [2.24, 2.45) is 0 Å². The van der Waals surface area contributed by atoms with E-state index in [1.165, 1.54) is 0 Å². The van der Waals surface area contributed by atoms with Crippen LogP contribution in [0.1, 0.15) is 31.1 Å². The van der Waals surface area contributed by atoms with Crippen LogP contribution in [-0.4, -0.2) is 30.6 Å². The zero-order chi connectivity index (χ0) is 19.5. The molecule has 0 fully saturated rings. The Morgan fingerprint density at radius 1 is 1.21 bits per heavy atom. The summed E-state index contributed by atoms with van der Waals surface area (Å²) >= 11 is 5.88.